The average Bonchev–Trinajstić information content (AvgIpc) is 3.17. The second-order valence-corrected chi connectivity index (χ2v) is 7.56. The summed E-state index contributed by atoms with van der Waals surface area (Å²) >= 11 is 0. The van der Waals surface area contributed by atoms with E-state index in [1.165, 1.54) is 6.07 Å². The number of nitrogens with one attached hydrogen (secondary N) is 1. The zero-order chi connectivity index (χ0) is 19.1. The Kier molecular flexibility index (Phi) is 7.21. The summed E-state index contributed by atoms with van der Waals surface area (Å²) in [5, 5.41) is 2.89. The molecule has 0 spiro atoms. The minimum atomic E-state index is -0.230. The number of carbonyl (C=O) groups excluding carboxylic acids is 2. The fraction of sp³-hybridized carbons (Fsp3) is 0.619. The van der Waals surface area contributed by atoms with Gasteiger partial charge in [0.15, 0.2) is 0 Å². The molecule has 2 saturated heterocycles. The van der Waals surface area contributed by atoms with Gasteiger partial charge in [-0.1, -0.05) is 18.2 Å². The van der Waals surface area contributed by atoms with E-state index in [2.05, 4.69) is 5.32 Å². The van der Waals surface area contributed by atoms with Crippen molar-refractivity contribution in [2.75, 3.05) is 26.2 Å². The molecule has 1 atom stereocenters. The lowest BCUT2D eigenvalue weighted by molar-refractivity contribution is -0.135. The van der Waals surface area contributed by atoms with Crippen molar-refractivity contribution >= 4 is 11.8 Å². The van der Waals surface area contributed by atoms with Crippen LogP contribution >= 0.6 is 0 Å². The van der Waals surface area contributed by atoms with E-state index < -0.39 is 0 Å². The number of amides is 2. The quantitative estimate of drug-likeness (QED) is 0.796. The minimum absolute atomic E-state index is 0.00970. The number of hydrogen-bond donors (Lipinski definition) is 1. The van der Waals surface area contributed by atoms with Crippen molar-refractivity contribution in [1.29, 1.82) is 0 Å². The number of hydrogen-bond acceptors (Lipinski definition) is 3. The highest BCUT2D eigenvalue weighted by atomic mass is 19.1. The molecule has 0 bridgehead atoms. The van der Waals surface area contributed by atoms with Crippen molar-refractivity contribution in [3.05, 3.63) is 35.6 Å². The molecule has 1 aromatic carbocycles. The molecule has 0 radical (unpaired) electrons. The van der Waals surface area contributed by atoms with Gasteiger partial charge in [-0.3, -0.25) is 9.59 Å². The van der Waals surface area contributed by atoms with E-state index in [9.17, 15) is 14.0 Å². The molecule has 2 aliphatic heterocycles. The van der Waals surface area contributed by atoms with E-state index in [-0.39, 0.29) is 23.7 Å². The third-order valence-electron chi connectivity index (χ3n) is 5.54. The van der Waals surface area contributed by atoms with Gasteiger partial charge >= 0.3 is 0 Å². The van der Waals surface area contributed by atoms with Crippen LogP contribution in [0, 0.1) is 11.7 Å². The molecule has 148 valence electrons. The molecule has 1 N–H and O–H groups in total. The first-order valence-electron chi connectivity index (χ1n) is 10.0. The van der Waals surface area contributed by atoms with Gasteiger partial charge < -0.3 is 15.0 Å². The molecule has 3 rings (SSSR count). The SMILES string of the molecule is O=C(CC1CCN(C(=O)C[C@H]2CCCO2)CC1)NCCc1ccccc1F. The van der Waals surface area contributed by atoms with Crippen LogP contribution in [0.5, 0.6) is 0 Å². The molecular formula is C21H29FN2O3. The Balaban J connectivity index is 1.32. The number of rotatable bonds is 7. The van der Waals surface area contributed by atoms with E-state index in [1.54, 1.807) is 18.2 Å². The number of piperidine rings is 1. The van der Waals surface area contributed by atoms with E-state index in [0.29, 0.717) is 37.3 Å². The topological polar surface area (TPSA) is 58.6 Å². The molecule has 27 heavy (non-hydrogen) atoms. The van der Waals surface area contributed by atoms with Gasteiger partial charge in [-0.25, -0.2) is 4.39 Å². The highest BCUT2D eigenvalue weighted by Crippen LogP contribution is 2.23. The van der Waals surface area contributed by atoms with Crippen molar-refractivity contribution in [3.63, 3.8) is 0 Å². The number of nitrogens with zero attached hydrogens (tertiary/aromatic N) is 1. The second-order valence-electron chi connectivity index (χ2n) is 7.56. The first-order chi connectivity index (χ1) is 13.1. The first kappa shape index (κ1) is 19.8. The number of likely N-dealkylation sites (tertiary alicyclic amines) is 1. The summed E-state index contributed by atoms with van der Waals surface area (Å²) in [6, 6.07) is 6.64. The normalized spacial score (nSPS) is 20.6. The Labute approximate surface area is 160 Å². The van der Waals surface area contributed by atoms with Gasteiger partial charge in [0.25, 0.3) is 0 Å². The van der Waals surface area contributed by atoms with Crippen molar-refractivity contribution in [2.24, 2.45) is 5.92 Å². The van der Waals surface area contributed by atoms with Crippen LogP contribution in [-0.4, -0.2) is 49.1 Å². The number of halogens is 1. The van der Waals surface area contributed by atoms with Crippen LogP contribution in [0.25, 0.3) is 0 Å². The average molecular weight is 376 g/mol. The monoisotopic (exact) mass is 376 g/mol. The third-order valence-corrected chi connectivity index (χ3v) is 5.54. The summed E-state index contributed by atoms with van der Waals surface area (Å²) < 4.78 is 19.1. The molecule has 2 heterocycles. The maximum absolute atomic E-state index is 13.6. The van der Waals surface area contributed by atoms with Gasteiger partial charge in [0.05, 0.1) is 12.5 Å². The molecule has 0 saturated carbocycles. The summed E-state index contributed by atoms with van der Waals surface area (Å²) in [7, 11) is 0. The van der Waals surface area contributed by atoms with E-state index >= 15 is 0 Å². The smallest absolute Gasteiger partial charge is 0.225 e. The van der Waals surface area contributed by atoms with Crippen LogP contribution in [0.2, 0.25) is 0 Å². The second kappa shape index (κ2) is 9.83. The fourth-order valence-corrected chi connectivity index (χ4v) is 3.89. The van der Waals surface area contributed by atoms with Crippen LogP contribution in [0.4, 0.5) is 4.39 Å². The zero-order valence-electron chi connectivity index (χ0n) is 15.8. The fourth-order valence-electron chi connectivity index (χ4n) is 3.89. The number of benzene rings is 1. The summed E-state index contributed by atoms with van der Waals surface area (Å²) in [4.78, 5) is 26.4. The van der Waals surface area contributed by atoms with Crippen molar-refractivity contribution in [2.45, 2.75) is 51.0 Å². The Bertz CT molecular complexity index is 638. The van der Waals surface area contributed by atoms with Crippen LogP contribution < -0.4 is 5.32 Å². The lowest BCUT2D eigenvalue weighted by atomic mass is 9.93. The molecule has 0 aliphatic carbocycles. The summed E-state index contributed by atoms with van der Waals surface area (Å²) in [6.45, 7) is 2.65. The predicted molar refractivity (Wildman–Crippen MR) is 101 cm³/mol. The molecule has 0 unspecified atom stereocenters. The van der Waals surface area contributed by atoms with Crippen molar-refractivity contribution < 1.29 is 18.7 Å². The lowest BCUT2D eigenvalue weighted by Crippen LogP contribution is -2.40. The molecule has 5 nitrogen and oxygen atoms in total. The summed E-state index contributed by atoms with van der Waals surface area (Å²) in [5.74, 6) is 0.266. The van der Waals surface area contributed by atoms with Crippen LogP contribution in [0.15, 0.2) is 24.3 Å². The standard InChI is InChI=1S/C21H29FN2O3/c22-19-6-2-1-4-17(19)7-10-23-20(25)14-16-8-11-24(12-9-16)21(26)15-18-5-3-13-27-18/h1-2,4,6,16,18H,3,5,7-15H2,(H,23,25)/t18-/m1/s1. The van der Waals surface area contributed by atoms with Gasteiger partial charge in [-0.15, -0.1) is 0 Å². The highest BCUT2D eigenvalue weighted by molar-refractivity contribution is 5.77. The minimum Gasteiger partial charge on any atom is -0.378 e. The predicted octanol–water partition coefficient (Wildman–Crippen LogP) is 2.68. The van der Waals surface area contributed by atoms with Crippen LogP contribution in [-0.2, 0) is 20.7 Å². The first-order valence-corrected chi connectivity index (χ1v) is 10.0. The number of ether oxygens (including phenoxy) is 1. The van der Waals surface area contributed by atoms with E-state index in [4.69, 9.17) is 4.74 Å². The maximum atomic E-state index is 13.6. The molecular weight excluding hydrogens is 347 g/mol. The van der Waals surface area contributed by atoms with Gasteiger partial charge in [-0.05, 0) is 49.7 Å². The van der Waals surface area contributed by atoms with E-state index in [1.807, 2.05) is 4.90 Å². The maximum Gasteiger partial charge on any atom is 0.225 e. The highest BCUT2D eigenvalue weighted by Gasteiger charge is 2.27. The summed E-state index contributed by atoms with van der Waals surface area (Å²) in [6.07, 6.45) is 5.30. The Hall–Kier alpha value is -1.95. The van der Waals surface area contributed by atoms with Gasteiger partial charge in [-0.2, -0.15) is 0 Å². The van der Waals surface area contributed by atoms with Gasteiger partial charge in [0, 0.05) is 32.7 Å². The molecule has 0 aromatic heterocycles. The van der Waals surface area contributed by atoms with Crippen molar-refractivity contribution in [3.8, 4) is 0 Å². The molecule has 2 fully saturated rings. The largest absolute Gasteiger partial charge is 0.378 e. The van der Waals surface area contributed by atoms with Crippen LogP contribution in [0.1, 0.15) is 44.1 Å². The molecule has 1 aromatic rings. The van der Waals surface area contributed by atoms with Gasteiger partial charge in [0.2, 0.25) is 11.8 Å². The molecule has 2 amide bonds. The van der Waals surface area contributed by atoms with Crippen LogP contribution in [0.3, 0.4) is 0 Å². The van der Waals surface area contributed by atoms with Gasteiger partial charge in [0.1, 0.15) is 5.82 Å². The molecule has 2 aliphatic rings. The Morgan fingerprint density at radius 2 is 1.93 bits per heavy atom. The Morgan fingerprint density at radius 1 is 1.15 bits per heavy atom. The summed E-state index contributed by atoms with van der Waals surface area (Å²) in [5.41, 5.74) is 0.621. The third kappa shape index (κ3) is 6.03. The number of carbonyl (C=O) groups is 2. The van der Waals surface area contributed by atoms with Crippen molar-refractivity contribution in [1.82, 2.24) is 10.2 Å². The molecule has 6 heteroatoms. The van der Waals surface area contributed by atoms with E-state index in [0.717, 1.165) is 45.4 Å². The Morgan fingerprint density at radius 3 is 2.63 bits per heavy atom. The lowest BCUT2D eigenvalue weighted by Gasteiger charge is -2.32. The zero-order valence-corrected chi connectivity index (χ0v) is 15.8.